The molecule has 0 saturated carbocycles. The molecule has 4 heteroatoms. The van der Waals surface area contributed by atoms with Gasteiger partial charge < -0.3 is 5.32 Å². The topological polar surface area (TPSA) is 46.2 Å². The molecule has 92 valence electrons. The fourth-order valence-corrected chi connectivity index (χ4v) is 1.86. The minimum Gasteiger partial charge on any atom is -0.325 e. The summed E-state index contributed by atoms with van der Waals surface area (Å²) in [6.45, 7) is 5.34. The third-order valence-electron chi connectivity index (χ3n) is 2.37. The van der Waals surface area contributed by atoms with Crippen molar-refractivity contribution in [2.45, 2.75) is 26.0 Å². The number of hydrogen-bond donors (Lipinski definition) is 1. The van der Waals surface area contributed by atoms with Crippen molar-refractivity contribution < 1.29 is 9.59 Å². The van der Waals surface area contributed by atoms with Gasteiger partial charge in [0.1, 0.15) is 5.78 Å². The van der Waals surface area contributed by atoms with Gasteiger partial charge in [-0.1, -0.05) is 17.7 Å². The molecule has 0 fully saturated rings. The number of amides is 1. The van der Waals surface area contributed by atoms with E-state index in [-0.39, 0.29) is 16.9 Å². The summed E-state index contributed by atoms with van der Waals surface area (Å²) in [4.78, 5) is 22.6. The van der Waals surface area contributed by atoms with Crippen LogP contribution in [0.25, 0.3) is 0 Å². The van der Waals surface area contributed by atoms with Crippen LogP contribution in [0.2, 0.25) is 0 Å². The van der Waals surface area contributed by atoms with Gasteiger partial charge in [-0.3, -0.25) is 9.59 Å². The molecule has 17 heavy (non-hydrogen) atoms. The maximum atomic E-state index is 11.6. The first-order chi connectivity index (χ1) is 7.99. The molecule has 1 rings (SSSR count). The Kier molecular flexibility index (Phi) is 5.22. The molecule has 3 nitrogen and oxygen atoms in total. The Morgan fingerprint density at radius 3 is 2.41 bits per heavy atom. The Balaban J connectivity index is 2.39. The SMILES string of the molecule is CC(=O)[C@H](C)SCC(=O)Nc1ccc(C)cc1. The molecule has 1 aromatic rings. The molecule has 0 bridgehead atoms. The van der Waals surface area contributed by atoms with Gasteiger partial charge in [-0.05, 0) is 32.9 Å². The van der Waals surface area contributed by atoms with Gasteiger partial charge in [-0.15, -0.1) is 11.8 Å². The highest BCUT2D eigenvalue weighted by Crippen LogP contribution is 2.13. The molecular weight excluding hydrogens is 234 g/mol. The maximum absolute atomic E-state index is 11.6. The number of hydrogen-bond acceptors (Lipinski definition) is 3. The lowest BCUT2D eigenvalue weighted by atomic mass is 10.2. The smallest absolute Gasteiger partial charge is 0.234 e. The van der Waals surface area contributed by atoms with Gasteiger partial charge in [0.2, 0.25) is 5.91 Å². The standard InChI is InChI=1S/C13H17NO2S/c1-9-4-6-12(7-5-9)14-13(16)8-17-11(3)10(2)15/h4-7,11H,8H2,1-3H3,(H,14,16)/t11-/m0/s1. The average Bonchev–Trinajstić information content (AvgIpc) is 2.29. The molecule has 0 aliphatic carbocycles. The summed E-state index contributed by atoms with van der Waals surface area (Å²) >= 11 is 1.35. The fraction of sp³-hybridized carbons (Fsp3) is 0.385. The third-order valence-corrected chi connectivity index (χ3v) is 3.63. The van der Waals surface area contributed by atoms with Crippen LogP contribution >= 0.6 is 11.8 Å². The zero-order valence-electron chi connectivity index (χ0n) is 10.3. The Hall–Kier alpha value is -1.29. The quantitative estimate of drug-likeness (QED) is 0.875. The van der Waals surface area contributed by atoms with Gasteiger partial charge in [-0.2, -0.15) is 0 Å². The highest BCUT2D eigenvalue weighted by Gasteiger charge is 2.10. The van der Waals surface area contributed by atoms with E-state index in [1.165, 1.54) is 18.7 Å². The Labute approximate surface area is 106 Å². The van der Waals surface area contributed by atoms with E-state index < -0.39 is 0 Å². The third kappa shape index (κ3) is 5.04. The first-order valence-electron chi connectivity index (χ1n) is 5.47. The van der Waals surface area contributed by atoms with E-state index in [0.29, 0.717) is 5.75 Å². The summed E-state index contributed by atoms with van der Waals surface area (Å²) in [6, 6.07) is 7.63. The molecule has 0 aromatic heterocycles. The van der Waals surface area contributed by atoms with Crippen LogP contribution in [-0.4, -0.2) is 22.7 Å². The molecule has 0 heterocycles. The number of thioether (sulfide) groups is 1. The number of carbonyl (C=O) groups is 2. The number of Topliss-reactive ketones (excluding diaryl/α,β-unsaturated/α-hetero) is 1. The van der Waals surface area contributed by atoms with Crippen molar-refractivity contribution in [1.29, 1.82) is 0 Å². The largest absolute Gasteiger partial charge is 0.325 e. The molecule has 1 atom stereocenters. The lowest BCUT2D eigenvalue weighted by Crippen LogP contribution is -2.18. The van der Waals surface area contributed by atoms with E-state index >= 15 is 0 Å². The minimum atomic E-state index is -0.126. The first kappa shape index (κ1) is 13.8. The first-order valence-corrected chi connectivity index (χ1v) is 6.52. The predicted octanol–water partition coefficient (Wildman–Crippen LogP) is 2.64. The number of benzene rings is 1. The van der Waals surface area contributed by atoms with Crippen molar-refractivity contribution in [3.05, 3.63) is 29.8 Å². The summed E-state index contributed by atoms with van der Waals surface area (Å²) in [7, 11) is 0. The van der Waals surface area contributed by atoms with E-state index in [1.807, 2.05) is 38.1 Å². The number of carbonyl (C=O) groups excluding carboxylic acids is 2. The van der Waals surface area contributed by atoms with Crippen LogP contribution in [0.1, 0.15) is 19.4 Å². The highest BCUT2D eigenvalue weighted by atomic mass is 32.2. The summed E-state index contributed by atoms with van der Waals surface area (Å²) in [6.07, 6.45) is 0. The zero-order chi connectivity index (χ0) is 12.8. The second kappa shape index (κ2) is 6.45. The molecule has 1 amide bonds. The Morgan fingerprint density at radius 1 is 1.29 bits per heavy atom. The van der Waals surface area contributed by atoms with Crippen molar-refractivity contribution in [2.24, 2.45) is 0 Å². The molecule has 0 saturated heterocycles. The summed E-state index contributed by atoms with van der Waals surface area (Å²) in [5.74, 6) is 0.319. The van der Waals surface area contributed by atoms with Crippen LogP contribution in [0.4, 0.5) is 5.69 Å². The van der Waals surface area contributed by atoms with E-state index in [1.54, 1.807) is 0 Å². The summed E-state index contributed by atoms with van der Waals surface area (Å²) < 4.78 is 0. The normalized spacial score (nSPS) is 11.9. The van der Waals surface area contributed by atoms with Gasteiger partial charge in [0.25, 0.3) is 0 Å². The van der Waals surface area contributed by atoms with E-state index in [2.05, 4.69) is 5.32 Å². The minimum absolute atomic E-state index is 0.0769. The average molecular weight is 251 g/mol. The van der Waals surface area contributed by atoms with Gasteiger partial charge in [0, 0.05) is 5.69 Å². The maximum Gasteiger partial charge on any atom is 0.234 e. The molecule has 1 aromatic carbocycles. The fourth-order valence-electron chi connectivity index (χ4n) is 1.15. The molecule has 0 aliphatic rings. The number of ketones is 1. The predicted molar refractivity (Wildman–Crippen MR) is 72.4 cm³/mol. The summed E-state index contributed by atoms with van der Waals surface area (Å²) in [5.41, 5.74) is 1.94. The van der Waals surface area contributed by atoms with Gasteiger partial charge in [-0.25, -0.2) is 0 Å². The van der Waals surface area contributed by atoms with Crippen molar-refractivity contribution in [2.75, 3.05) is 11.1 Å². The van der Waals surface area contributed by atoms with Crippen molar-refractivity contribution in [1.82, 2.24) is 0 Å². The molecule has 0 aliphatic heterocycles. The number of anilines is 1. The lowest BCUT2D eigenvalue weighted by molar-refractivity contribution is -0.116. The van der Waals surface area contributed by atoms with Crippen molar-refractivity contribution in [3.8, 4) is 0 Å². The lowest BCUT2D eigenvalue weighted by Gasteiger charge is -2.08. The van der Waals surface area contributed by atoms with Gasteiger partial charge in [0.15, 0.2) is 0 Å². The molecule has 1 N–H and O–H groups in total. The molecule has 0 unspecified atom stereocenters. The van der Waals surface area contributed by atoms with Crippen LogP contribution in [0, 0.1) is 6.92 Å². The van der Waals surface area contributed by atoms with Crippen LogP contribution in [0.3, 0.4) is 0 Å². The second-order valence-corrected chi connectivity index (χ2v) is 5.31. The van der Waals surface area contributed by atoms with Crippen LogP contribution in [0.15, 0.2) is 24.3 Å². The van der Waals surface area contributed by atoms with E-state index in [4.69, 9.17) is 0 Å². The van der Waals surface area contributed by atoms with Crippen LogP contribution in [0.5, 0.6) is 0 Å². The van der Waals surface area contributed by atoms with E-state index in [9.17, 15) is 9.59 Å². The van der Waals surface area contributed by atoms with Crippen LogP contribution in [-0.2, 0) is 9.59 Å². The van der Waals surface area contributed by atoms with Gasteiger partial charge >= 0.3 is 0 Å². The summed E-state index contributed by atoms with van der Waals surface area (Å²) in [5, 5.41) is 2.67. The number of nitrogens with one attached hydrogen (secondary N) is 1. The second-order valence-electron chi connectivity index (χ2n) is 3.98. The zero-order valence-corrected chi connectivity index (χ0v) is 11.1. The van der Waals surface area contributed by atoms with Gasteiger partial charge in [0.05, 0.1) is 11.0 Å². The van der Waals surface area contributed by atoms with E-state index in [0.717, 1.165) is 11.3 Å². The Bertz CT molecular complexity index is 400. The monoisotopic (exact) mass is 251 g/mol. The highest BCUT2D eigenvalue weighted by molar-refractivity contribution is 8.01. The van der Waals surface area contributed by atoms with Crippen molar-refractivity contribution >= 4 is 29.1 Å². The molecule has 0 spiro atoms. The molecule has 0 radical (unpaired) electrons. The van der Waals surface area contributed by atoms with Crippen LogP contribution < -0.4 is 5.32 Å². The number of aryl methyl sites for hydroxylation is 1. The number of rotatable bonds is 5. The molecular formula is C13H17NO2S. The van der Waals surface area contributed by atoms with Crippen molar-refractivity contribution in [3.63, 3.8) is 0 Å². The Morgan fingerprint density at radius 2 is 1.88 bits per heavy atom.